The van der Waals surface area contributed by atoms with Crippen molar-refractivity contribution in [1.82, 2.24) is 19.7 Å². The number of methoxy groups -OCH3 is 1. The smallest absolute Gasteiger partial charge is 0.261 e. The van der Waals surface area contributed by atoms with Gasteiger partial charge in [0.05, 0.1) is 16.7 Å². The van der Waals surface area contributed by atoms with Gasteiger partial charge < -0.3 is 14.5 Å². The van der Waals surface area contributed by atoms with Crippen molar-refractivity contribution in [2.24, 2.45) is 7.05 Å². The summed E-state index contributed by atoms with van der Waals surface area (Å²) in [5, 5.41) is 4.90. The summed E-state index contributed by atoms with van der Waals surface area (Å²) in [6.07, 6.45) is 2.85. The molecule has 4 rings (SSSR count). The number of thiazole rings is 1. The summed E-state index contributed by atoms with van der Waals surface area (Å²) in [6, 6.07) is 5.19. The normalized spacial score (nSPS) is 15.1. The molecule has 2 aromatic heterocycles. The first kappa shape index (κ1) is 19.6. The Morgan fingerprint density at radius 1 is 1.21 bits per heavy atom. The third-order valence-electron chi connectivity index (χ3n) is 4.83. The number of para-hydroxylation sites is 1. The van der Waals surface area contributed by atoms with E-state index in [0.717, 1.165) is 9.83 Å². The number of nitrogens with zero attached hydrogens (tertiary/aromatic N) is 5. The number of fused-ring (bicyclic) bond motifs is 1. The second-order valence-electron chi connectivity index (χ2n) is 6.88. The maximum absolute atomic E-state index is 12.8. The lowest BCUT2D eigenvalue weighted by molar-refractivity contribution is 0.0743. The van der Waals surface area contributed by atoms with Gasteiger partial charge in [0, 0.05) is 45.7 Å². The van der Waals surface area contributed by atoms with Gasteiger partial charge in [-0.2, -0.15) is 0 Å². The number of aryl methyl sites for hydroxylation is 1. The monoisotopic (exact) mass is 435 g/mol. The molecule has 1 amide bonds. The number of rotatable bonds is 4. The number of carbonyl (C=O) groups is 1. The Kier molecular flexibility index (Phi) is 4.95. The van der Waals surface area contributed by atoms with Crippen LogP contribution in [-0.4, -0.2) is 73.5 Å². The predicted molar refractivity (Wildman–Crippen MR) is 111 cm³/mol. The minimum absolute atomic E-state index is 0.113. The van der Waals surface area contributed by atoms with Gasteiger partial charge in [-0.15, -0.1) is 5.10 Å². The van der Waals surface area contributed by atoms with Gasteiger partial charge in [-0.1, -0.05) is 17.4 Å². The van der Waals surface area contributed by atoms with Crippen LogP contribution < -0.4 is 9.64 Å². The van der Waals surface area contributed by atoms with Crippen LogP contribution in [0.1, 0.15) is 10.4 Å². The lowest BCUT2D eigenvalue weighted by Crippen LogP contribution is -2.48. The van der Waals surface area contributed by atoms with Gasteiger partial charge in [-0.3, -0.25) is 9.48 Å². The number of amides is 1. The fraction of sp³-hybridized carbons (Fsp3) is 0.389. The van der Waals surface area contributed by atoms with Crippen LogP contribution in [-0.2, 0) is 16.9 Å². The summed E-state index contributed by atoms with van der Waals surface area (Å²) >= 11 is 1.46. The molecule has 1 fully saturated rings. The number of ether oxygens (including phenoxy) is 1. The third kappa shape index (κ3) is 3.67. The lowest BCUT2D eigenvalue weighted by Gasteiger charge is -2.34. The average molecular weight is 436 g/mol. The van der Waals surface area contributed by atoms with Gasteiger partial charge in [0.1, 0.15) is 11.1 Å². The first-order valence-electron chi connectivity index (χ1n) is 8.99. The Bertz CT molecular complexity index is 1180. The Balaban J connectivity index is 1.52. The molecule has 1 saturated heterocycles. The van der Waals surface area contributed by atoms with Gasteiger partial charge >= 0.3 is 0 Å². The quantitative estimate of drug-likeness (QED) is 0.611. The number of aromatic nitrogens is 3. The van der Waals surface area contributed by atoms with Crippen molar-refractivity contribution in [2.75, 3.05) is 44.4 Å². The van der Waals surface area contributed by atoms with Crippen molar-refractivity contribution in [3.8, 4) is 5.88 Å². The molecule has 11 heteroatoms. The molecule has 154 valence electrons. The van der Waals surface area contributed by atoms with Crippen LogP contribution in [0.3, 0.4) is 0 Å². The van der Waals surface area contributed by atoms with Crippen LogP contribution in [0.15, 0.2) is 29.3 Å². The molecule has 29 heavy (non-hydrogen) atoms. The van der Waals surface area contributed by atoms with Gasteiger partial charge in [0.2, 0.25) is 5.88 Å². The van der Waals surface area contributed by atoms with Crippen molar-refractivity contribution < 1.29 is 17.9 Å². The number of carbonyl (C=O) groups excluding carboxylic acids is 1. The number of hydrogen-bond acceptors (Lipinski definition) is 8. The summed E-state index contributed by atoms with van der Waals surface area (Å²) in [4.78, 5) is 21.5. The molecule has 0 atom stereocenters. The second-order valence-corrected chi connectivity index (χ2v) is 9.87. The van der Waals surface area contributed by atoms with Crippen LogP contribution >= 0.6 is 11.3 Å². The van der Waals surface area contributed by atoms with Crippen LogP contribution in [0.5, 0.6) is 5.88 Å². The molecule has 1 aromatic carbocycles. The highest BCUT2D eigenvalue weighted by Gasteiger charge is 2.27. The molecule has 0 aliphatic carbocycles. The number of hydrogen-bond donors (Lipinski definition) is 0. The van der Waals surface area contributed by atoms with E-state index in [1.165, 1.54) is 24.7 Å². The predicted octanol–water partition coefficient (Wildman–Crippen LogP) is 1.40. The van der Waals surface area contributed by atoms with E-state index < -0.39 is 9.84 Å². The van der Waals surface area contributed by atoms with Crippen LogP contribution in [0.2, 0.25) is 0 Å². The highest BCUT2D eigenvalue weighted by atomic mass is 32.2. The molecule has 1 aliphatic rings. The SMILES string of the molecule is COc1nn(C)cc1C(=O)N1CCN(c2nc3c(S(C)(=O)=O)cccc3s2)CC1. The second kappa shape index (κ2) is 7.30. The largest absolute Gasteiger partial charge is 0.479 e. The highest BCUT2D eigenvalue weighted by molar-refractivity contribution is 7.91. The van der Waals surface area contributed by atoms with Gasteiger partial charge in [-0.05, 0) is 12.1 Å². The van der Waals surface area contributed by atoms with E-state index in [4.69, 9.17) is 4.74 Å². The number of sulfone groups is 1. The molecule has 3 aromatic rings. The van der Waals surface area contributed by atoms with Gasteiger partial charge in [-0.25, -0.2) is 13.4 Å². The zero-order valence-corrected chi connectivity index (χ0v) is 18.0. The van der Waals surface area contributed by atoms with Crippen molar-refractivity contribution >= 4 is 42.4 Å². The van der Waals surface area contributed by atoms with E-state index in [0.29, 0.717) is 43.1 Å². The fourth-order valence-corrected chi connectivity index (χ4v) is 5.32. The maximum Gasteiger partial charge on any atom is 0.261 e. The standard InChI is InChI=1S/C18H21N5O4S2/c1-21-11-12(16(20-21)27-2)17(24)22-7-9-23(10-8-22)18-19-15-13(28-18)5-4-6-14(15)29(3,25)26/h4-6,11H,7-10H2,1-3H3. The topological polar surface area (TPSA) is 97.6 Å². The Morgan fingerprint density at radius 3 is 2.59 bits per heavy atom. The number of piperazine rings is 1. The molecule has 9 nitrogen and oxygen atoms in total. The molecule has 0 saturated carbocycles. The Morgan fingerprint density at radius 2 is 1.93 bits per heavy atom. The first-order chi connectivity index (χ1) is 13.8. The third-order valence-corrected chi connectivity index (χ3v) is 7.04. The molecule has 3 heterocycles. The van der Waals surface area contributed by atoms with Gasteiger partial charge in [0.25, 0.3) is 5.91 Å². The van der Waals surface area contributed by atoms with E-state index >= 15 is 0 Å². The summed E-state index contributed by atoms with van der Waals surface area (Å²) in [5.74, 6) is 0.206. The zero-order chi connectivity index (χ0) is 20.8. The minimum atomic E-state index is -3.35. The van der Waals surface area contributed by atoms with E-state index in [1.54, 1.807) is 35.0 Å². The molecule has 0 spiro atoms. The van der Waals surface area contributed by atoms with E-state index in [-0.39, 0.29) is 10.8 Å². The lowest BCUT2D eigenvalue weighted by atomic mass is 10.2. The number of benzene rings is 1. The summed E-state index contributed by atoms with van der Waals surface area (Å²) in [6.45, 7) is 2.29. The van der Waals surface area contributed by atoms with Crippen LogP contribution in [0.4, 0.5) is 5.13 Å². The van der Waals surface area contributed by atoms with Crippen LogP contribution in [0.25, 0.3) is 10.2 Å². The molecule has 0 unspecified atom stereocenters. The Hall–Kier alpha value is -2.66. The molecule has 0 radical (unpaired) electrons. The van der Waals surface area contributed by atoms with E-state index in [9.17, 15) is 13.2 Å². The van der Waals surface area contributed by atoms with Crippen molar-refractivity contribution in [3.63, 3.8) is 0 Å². The van der Waals surface area contributed by atoms with Crippen molar-refractivity contribution in [2.45, 2.75) is 4.90 Å². The average Bonchev–Trinajstić information content (AvgIpc) is 3.29. The molecular formula is C18H21N5O4S2. The van der Waals surface area contributed by atoms with E-state index in [1.807, 2.05) is 6.07 Å². The zero-order valence-electron chi connectivity index (χ0n) is 16.3. The molecule has 1 aliphatic heterocycles. The summed E-state index contributed by atoms with van der Waals surface area (Å²) in [7, 11) is -0.109. The summed E-state index contributed by atoms with van der Waals surface area (Å²) in [5.41, 5.74) is 0.954. The van der Waals surface area contributed by atoms with Crippen molar-refractivity contribution in [3.05, 3.63) is 30.0 Å². The van der Waals surface area contributed by atoms with Crippen LogP contribution in [0, 0.1) is 0 Å². The summed E-state index contributed by atoms with van der Waals surface area (Å²) < 4.78 is 31.6. The first-order valence-corrected chi connectivity index (χ1v) is 11.7. The molecular weight excluding hydrogens is 414 g/mol. The maximum atomic E-state index is 12.8. The number of anilines is 1. The molecule has 0 bridgehead atoms. The minimum Gasteiger partial charge on any atom is -0.479 e. The van der Waals surface area contributed by atoms with Crippen molar-refractivity contribution in [1.29, 1.82) is 0 Å². The van der Waals surface area contributed by atoms with E-state index in [2.05, 4.69) is 15.0 Å². The highest BCUT2D eigenvalue weighted by Crippen LogP contribution is 2.33. The van der Waals surface area contributed by atoms with Gasteiger partial charge in [0.15, 0.2) is 15.0 Å². The molecule has 0 N–H and O–H groups in total. The Labute approximate surface area is 172 Å². The fourth-order valence-electron chi connectivity index (χ4n) is 3.38.